The quantitative estimate of drug-likeness (QED) is 0.836. The minimum absolute atomic E-state index is 0.0918. The van der Waals surface area contributed by atoms with Crippen LogP contribution in [0.1, 0.15) is 43.1 Å². The van der Waals surface area contributed by atoms with Crippen molar-refractivity contribution >= 4 is 25.6 Å². The molecular formula is C11H15ClN2O3S. The molecule has 1 saturated carbocycles. The van der Waals surface area contributed by atoms with Crippen LogP contribution in [0, 0.1) is 0 Å². The zero-order valence-electron chi connectivity index (χ0n) is 9.99. The molecule has 2 N–H and O–H groups in total. The Bertz CT molecular complexity index is 559. The van der Waals surface area contributed by atoms with Crippen LogP contribution >= 0.6 is 10.7 Å². The second-order valence-corrected chi connectivity index (χ2v) is 7.47. The van der Waals surface area contributed by atoms with Gasteiger partial charge >= 0.3 is 0 Å². The van der Waals surface area contributed by atoms with Crippen LogP contribution in [0.5, 0.6) is 0 Å². The van der Waals surface area contributed by atoms with Gasteiger partial charge in [-0.15, -0.1) is 0 Å². The summed E-state index contributed by atoms with van der Waals surface area (Å²) in [6.07, 6.45) is 5.31. The summed E-state index contributed by atoms with van der Waals surface area (Å²) in [6, 6.07) is 1.25. The maximum Gasteiger partial charge on any atom is 0.268 e. The molecule has 0 bridgehead atoms. The third-order valence-corrected chi connectivity index (χ3v) is 4.64. The van der Waals surface area contributed by atoms with Crippen molar-refractivity contribution in [2.45, 2.75) is 43.0 Å². The molecule has 1 fully saturated rings. The molecule has 1 aliphatic carbocycles. The summed E-state index contributed by atoms with van der Waals surface area (Å²) in [4.78, 5) is 14.5. The first-order chi connectivity index (χ1) is 8.30. The number of aromatic amines is 1. The maximum atomic E-state index is 12.0. The molecule has 1 aliphatic rings. The SMILES string of the molecule is CC1(NC(=O)c2cc(S(=O)(=O)Cl)c[nH]2)CCCC1. The topological polar surface area (TPSA) is 79.0 Å². The minimum atomic E-state index is -3.80. The third kappa shape index (κ3) is 2.87. The molecule has 0 unspecified atom stereocenters. The first-order valence-corrected chi connectivity index (χ1v) is 8.07. The van der Waals surface area contributed by atoms with Gasteiger partial charge in [-0.3, -0.25) is 4.79 Å². The molecular weight excluding hydrogens is 276 g/mol. The van der Waals surface area contributed by atoms with Crippen molar-refractivity contribution in [1.29, 1.82) is 0 Å². The number of hydrogen-bond donors (Lipinski definition) is 2. The average molecular weight is 291 g/mol. The summed E-state index contributed by atoms with van der Waals surface area (Å²) in [6.45, 7) is 2.00. The fraction of sp³-hybridized carbons (Fsp3) is 0.545. The van der Waals surface area contributed by atoms with Crippen LogP contribution in [0.4, 0.5) is 0 Å². The number of carbonyl (C=O) groups excluding carboxylic acids is 1. The molecule has 0 aliphatic heterocycles. The van der Waals surface area contributed by atoms with Gasteiger partial charge in [0, 0.05) is 22.4 Å². The highest BCUT2D eigenvalue weighted by Gasteiger charge is 2.31. The molecule has 2 rings (SSSR count). The van der Waals surface area contributed by atoms with E-state index in [4.69, 9.17) is 10.7 Å². The van der Waals surface area contributed by atoms with Crippen molar-refractivity contribution in [1.82, 2.24) is 10.3 Å². The van der Waals surface area contributed by atoms with Gasteiger partial charge in [0.15, 0.2) is 0 Å². The van der Waals surface area contributed by atoms with E-state index in [1.807, 2.05) is 6.92 Å². The fourth-order valence-corrected chi connectivity index (χ4v) is 2.99. The second-order valence-electron chi connectivity index (χ2n) is 4.91. The molecule has 0 saturated heterocycles. The molecule has 0 aromatic carbocycles. The lowest BCUT2D eigenvalue weighted by atomic mass is 10.0. The van der Waals surface area contributed by atoms with Gasteiger partial charge in [-0.25, -0.2) is 8.42 Å². The predicted molar refractivity (Wildman–Crippen MR) is 68.2 cm³/mol. The van der Waals surface area contributed by atoms with Crippen LogP contribution < -0.4 is 5.32 Å². The van der Waals surface area contributed by atoms with E-state index in [-0.39, 0.29) is 22.0 Å². The van der Waals surface area contributed by atoms with Crippen molar-refractivity contribution in [2.75, 3.05) is 0 Å². The predicted octanol–water partition coefficient (Wildman–Crippen LogP) is 2.00. The van der Waals surface area contributed by atoms with Crippen LogP contribution in [0.3, 0.4) is 0 Å². The van der Waals surface area contributed by atoms with Crippen LogP contribution in [-0.2, 0) is 9.05 Å². The van der Waals surface area contributed by atoms with Crippen LogP contribution in [0.25, 0.3) is 0 Å². The molecule has 1 amide bonds. The van der Waals surface area contributed by atoms with Crippen molar-refractivity contribution in [3.63, 3.8) is 0 Å². The van der Waals surface area contributed by atoms with Crippen molar-refractivity contribution < 1.29 is 13.2 Å². The first-order valence-electron chi connectivity index (χ1n) is 5.76. The third-order valence-electron chi connectivity index (χ3n) is 3.31. The Labute approximate surface area is 110 Å². The van der Waals surface area contributed by atoms with Gasteiger partial charge in [0.05, 0.1) is 0 Å². The van der Waals surface area contributed by atoms with Gasteiger partial charge < -0.3 is 10.3 Å². The van der Waals surface area contributed by atoms with E-state index in [0.29, 0.717) is 0 Å². The van der Waals surface area contributed by atoms with Gasteiger partial charge in [0.2, 0.25) is 0 Å². The number of amides is 1. The average Bonchev–Trinajstić information content (AvgIpc) is 2.84. The Hall–Kier alpha value is -1.01. The number of carbonyl (C=O) groups is 1. The van der Waals surface area contributed by atoms with Crippen LogP contribution in [0.15, 0.2) is 17.2 Å². The number of halogens is 1. The highest BCUT2D eigenvalue weighted by atomic mass is 35.7. The highest BCUT2D eigenvalue weighted by molar-refractivity contribution is 8.13. The molecule has 5 nitrogen and oxygen atoms in total. The van der Waals surface area contributed by atoms with E-state index in [2.05, 4.69) is 10.3 Å². The van der Waals surface area contributed by atoms with E-state index in [9.17, 15) is 13.2 Å². The Balaban J connectivity index is 2.12. The van der Waals surface area contributed by atoms with E-state index < -0.39 is 9.05 Å². The van der Waals surface area contributed by atoms with Crippen LogP contribution in [-0.4, -0.2) is 24.8 Å². The molecule has 0 radical (unpaired) electrons. The van der Waals surface area contributed by atoms with Crippen molar-refractivity contribution in [3.05, 3.63) is 18.0 Å². The number of aromatic nitrogens is 1. The summed E-state index contributed by atoms with van der Waals surface area (Å²) in [5.74, 6) is -0.300. The zero-order chi connectivity index (χ0) is 13.4. The summed E-state index contributed by atoms with van der Waals surface area (Å²) in [5.41, 5.74) is 0.0182. The highest BCUT2D eigenvalue weighted by Crippen LogP contribution is 2.29. The normalized spacial score (nSPS) is 18.8. The van der Waals surface area contributed by atoms with E-state index in [1.54, 1.807) is 0 Å². The summed E-state index contributed by atoms with van der Waals surface area (Å²) in [7, 11) is 1.40. The largest absolute Gasteiger partial charge is 0.356 e. The van der Waals surface area contributed by atoms with Crippen molar-refractivity contribution in [3.8, 4) is 0 Å². The molecule has 18 heavy (non-hydrogen) atoms. The fourth-order valence-electron chi connectivity index (χ4n) is 2.27. The monoisotopic (exact) mass is 290 g/mol. The van der Waals surface area contributed by atoms with Gasteiger partial charge in [-0.05, 0) is 25.8 Å². The zero-order valence-corrected chi connectivity index (χ0v) is 11.6. The Morgan fingerprint density at radius 2 is 2.06 bits per heavy atom. The Morgan fingerprint density at radius 3 is 2.56 bits per heavy atom. The lowest BCUT2D eigenvalue weighted by molar-refractivity contribution is 0.0903. The standard InChI is InChI=1S/C11H15ClN2O3S/c1-11(4-2-3-5-11)14-10(15)9-6-8(7-13-9)18(12,16)17/h6-7,13H,2-5H2,1H3,(H,14,15). The van der Waals surface area contributed by atoms with Crippen LogP contribution in [0.2, 0.25) is 0 Å². The van der Waals surface area contributed by atoms with Crippen molar-refractivity contribution in [2.24, 2.45) is 0 Å². The second kappa shape index (κ2) is 4.59. The Morgan fingerprint density at radius 1 is 1.44 bits per heavy atom. The maximum absolute atomic E-state index is 12.0. The number of H-pyrrole nitrogens is 1. The molecule has 100 valence electrons. The smallest absolute Gasteiger partial charge is 0.268 e. The minimum Gasteiger partial charge on any atom is -0.356 e. The Kier molecular flexibility index (Phi) is 3.42. The molecule has 1 heterocycles. The van der Waals surface area contributed by atoms with E-state index in [0.717, 1.165) is 25.7 Å². The number of rotatable bonds is 3. The summed E-state index contributed by atoms with van der Waals surface area (Å²) >= 11 is 0. The van der Waals surface area contributed by atoms with E-state index in [1.165, 1.54) is 12.3 Å². The molecule has 1 aromatic rings. The van der Waals surface area contributed by atoms with Gasteiger partial charge in [0.25, 0.3) is 15.0 Å². The van der Waals surface area contributed by atoms with Gasteiger partial charge in [0.1, 0.15) is 10.6 Å². The molecule has 0 atom stereocenters. The lowest BCUT2D eigenvalue weighted by Crippen LogP contribution is -2.43. The summed E-state index contributed by atoms with van der Waals surface area (Å²) in [5, 5.41) is 2.93. The lowest BCUT2D eigenvalue weighted by Gasteiger charge is -2.24. The summed E-state index contributed by atoms with van der Waals surface area (Å²) < 4.78 is 22.2. The number of nitrogens with one attached hydrogen (secondary N) is 2. The van der Waals surface area contributed by atoms with E-state index >= 15 is 0 Å². The number of hydrogen-bond acceptors (Lipinski definition) is 3. The molecule has 1 aromatic heterocycles. The molecule has 7 heteroatoms. The molecule has 0 spiro atoms. The van der Waals surface area contributed by atoms with Gasteiger partial charge in [-0.1, -0.05) is 12.8 Å². The first kappa shape index (κ1) is 13.4. The van der Waals surface area contributed by atoms with Gasteiger partial charge in [-0.2, -0.15) is 0 Å².